The van der Waals surface area contributed by atoms with Crippen LogP contribution in [0.15, 0.2) is 36.5 Å². The summed E-state index contributed by atoms with van der Waals surface area (Å²) in [5.41, 5.74) is 7.61. The number of nitrogens with two attached hydrogens (primary N) is 1. The molecule has 0 radical (unpaired) electrons. The first-order chi connectivity index (χ1) is 10.0. The van der Waals surface area contributed by atoms with Crippen LogP contribution in [0.4, 0.5) is 5.69 Å². The zero-order valence-corrected chi connectivity index (χ0v) is 12.5. The molecule has 1 heterocycles. The van der Waals surface area contributed by atoms with Crippen LogP contribution in [0.1, 0.15) is 17.4 Å². The van der Waals surface area contributed by atoms with Crippen molar-refractivity contribution in [3.05, 3.63) is 42.2 Å². The van der Waals surface area contributed by atoms with E-state index in [2.05, 4.69) is 5.10 Å². The fourth-order valence-electron chi connectivity index (χ4n) is 1.94. The molecule has 0 aliphatic rings. The molecule has 1 aromatic carbocycles. The highest BCUT2D eigenvalue weighted by Gasteiger charge is 2.19. The van der Waals surface area contributed by atoms with Gasteiger partial charge in [-0.2, -0.15) is 5.10 Å². The Morgan fingerprint density at radius 1 is 1.38 bits per heavy atom. The van der Waals surface area contributed by atoms with Gasteiger partial charge in [0.05, 0.1) is 18.3 Å². The van der Waals surface area contributed by atoms with Crippen molar-refractivity contribution in [2.24, 2.45) is 0 Å². The maximum atomic E-state index is 12.3. The van der Waals surface area contributed by atoms with E-state index in [1.165, 1.54) is 0 Å². The Hall–Kier alpha value is -2.34. The van der Waals surface area contributed by atoms with E-state index in [0.29, 0.717) is 18.0 Å². The van der Waals surface area contributed by atoms with Gasteiger partial charge < -0.3 is 15.4 Å². The van der Waals surface area contributed by atoms with Crippen LogP contribution in [-0.4, -0.2) is 47.4 Å². The Labute approximate surface area is 124 Å². The van der Waals surface area contributed by atoms with Crippen molar-refractivity contribution in [1.82, 2.24) is 14.7 Å². The van der Waals surface area contributed by atoms with E-state index in [1.54, 1.807) is 48.1 Å². The van der Waals surface area contributed by atoms with Crippen LogP contribution in [0, 0.1) is 0 Å². The van der Waals surface area contributed by atoms with E-state index in [-0.39, 0.29) is 11.9 Å². The van der Waals surface area contributed by atoms with E-state index >= 15 is 0 Å². The number of nitrogen functional groups attached to an aromatic ring is 1. The summed E-state index contributed by atoms with van der Waals surface area (Å²) in [6.07, 6.45) is 1.76. The van der Waals surface area contributed by atoms with Gasteiger partial charge in [-0.25, -0.2) is 4.68 Å². The number of anilines is 1. The third-order valence-electron chi connectivity index (χ3n) is 3.36. The maximum Gasteiger partial charge on any atom is 0.274 e. The summed E-state index contributed by atoms with van der Waals surface area (Å²) in [4.78, 5) is 14.0. The Bertz CT molecular complexity index is 606. The lowest BCUT2D eigenvalue weighted by Crippen LogP contribution is -2.38. The van der Waals surface area contributed by atoms with Crippen molar-refractivity contribution >= 4 is 11.6 Å². The average molecular weight is 288 g/mol. The molecule has 2 aromatic rings. The number of amides is 1. The molecule has 0 spiro atoms. The molecule has 2 N–H and O–H groups in total. The Morgan fingerprint density at radius 3 is 2.67 bits per heavy atom. The number of carbonyl (C=O) groups excluding carboxylic acids is 1. The first kappa shape index (κ1) is 15.1. The molecule has 0 aliphatic carbocycles. The SMILES string of the molecule is COCC(C)N(C)C(=O)c1ccn(-c2ccc(N)cc2)n1. The molecule has 2 rings (SSSR count). The number of hydrogen-bond acceptors (Lipinski definition) is 4. The summed E-state index contributed by atoms with van der Waals surface area (Å²) in [5, 5.41) is 4.32. The van der Waals surface area contributed by atoms with Gasteiger partial charge in [0.2, 0.25) is 0 Å². The lowest BCUT2D eigenvalue weighted by molar-refractivity contribution is 0.0627. The molecule has 0 saturated carbocycles. The molecule has 0 saturated heterocycles. The number of hydrogen-bond donors (Lipinski definition) is 1. The summed E-state index contributed by atoms with van der Waals surface area (Å²) < 4.78 is 6.72. The molecule has 1 amide bonds. The minimum absolute atomic E-state index is 0.0100. The van der Waals surface area contributed by atoms with Crippen molar-refractivity contribution in [1.29, 1.82) is 0 Å². The van der Waals surface area contributed by atoms with E-state index < -0.39 is 0 Å². The summed E-state index contributed by atoms with van der Waals surface area (Å²) in [7, 11) is 3.36. The second-order valence-corrected chi connectivity index (χ2v) is 4.96. The van der Waals surface area contributed by atoms with Crippen LogP contribution < -0.4 is 5.73 Å². The summed E-state index contributed by atoms with van der Waals surface area (Å²) in [6, 6.07) is 9.00. The highest BCUT2D eigenvalue weighted by atomic mass is 16.5. The van der Waals surface area contributed by atoms with E-state index in [1.807, 2.05) is 19.1 Å². The number of nitrogens with zero attached hydrogens (tertiary/aromatic N) is 3. The van der Waals surface area contributed by atoms with Gasteiger partial charge in [-0.05, 0) is 37.3 Å². The number of rotatable bonds is 5. The molecule has 6 nitrogen and oxygen atoms in total. The number of aromatic nitrogens is 2. The van der Waals surface area contributed by atoms with Gasteiger partial charge in [0.25, 0.3) is 5.91 Å². The molecule has 0 bridgehead atoms. The second kappa shape index (κ2) is 6.41. The average Bonchev–Trinajstić information content (AvgIpc) is 2.96. The fraction of sp³-hybridized carbons (Fsp3) is 0.333. The maximum absolute atomic E-state index is 12.3. The van der Waals surface area contributed by atoms with Crippen LogP contribution in [0.25, 0.3) is 5.69 Å². The summed E-state index contributed by atoms with van der Waals surface area (Å²) >= 11 is 0. The molecule has 1 aromatic heterocycles. The first-order valence-electron chi connectivity index (χ1n) is 6.70. The van der Waals surface area contributed by atoms with Gasteiger partial charge in [0.15, 0.2) is 5.69 Å². The summed E-state index contributed by atoms with van der Waals surface area (Å²) in [5.74, 6) is -0.131. The number of carbonyl (C=O) groups is 1. The van der Waals surface area contributed by atoms with Gasteiger partial charge in [0.1, 0.15) is 0 Å². The van der Waals surface area contributed by atoms with Crippen molar-refractivity contribution in [3.8, 4) is 5.69 Å². The zero-order valence-electron chi connectivity index (χ0n) is 12.5. The number of ether oxygens (including phenoxy) is 1. The molecular weight excluding hydrogens is 268 g/mol. The quantitative estimate of drug-likeness (QED) is 0.847. The van der Waals surface area contributed by atoms with Crippen LogP contribution in [0.5, 0.6) is 0 Å². The number of benzene rings is 1. The van der Waals surface area contributed by atoms with E-state index in [4.69, 9.17) is 10.5 Å². The van der Waals surface area contributed by atoms with Crippen molar-refractivity contribution in [3.63, 3.8) is 0 Å². The first-order valence-corrected chi connectivity index (χ1v) is 6.70. The molecule has 0 aliphatic heterocycles. The molecule has 21 heavy (non-hydrogen) atoms. The monoisotopic (exact) mass is 288 g/mol. The minimum atomic E-state index is -0.131. The second-order valence-electron chi connectivity index (χ2n) is 4.96. The third-order valence-corrected chi connectivity index (χ3v) is 3.36. The van der Waals surface area contributed by atoms with Gasteiger partial charge in [0, 0.05) is 26.0 Å². The van der Waals surface area contributed by atoms with E-state index in [9.17, 15) is 4.79 Å². The number of methoxy groups -OCH3 is 1. The lowest BCUT2D eigenvalue weighted by atomic mass is 10.3. The molecule has 6 heteroatoms. The third kappa shape index (κ3) is 3.41. The topological polar surface area (TPSA) is 73.4 Å². The predicted octanol–water partition coefficient (Wildman–Crippen LogP) is 1.56. The van der Waals surface area contributed by atoms with E-state index in [0.717, 1.165) is 5.69 Å². The van der Waals surface area contributed by atoms with Gasteiger partial charge in [-0.3, -0.25) is 4.79 Å². The molecule has 1 unspecified atom stereocenters. The Kier molecular flexibility index (Phi) is 4.59. The zero-order chi connectivity index (χ0) is 15.4. The van der Waals surface area contributed by atoms with Crippen LogP contribution >= 0.6 is 0 Å². The molecular formula is C15H20N4O2. The standard InChI is InChI=1S/C15H20N4O2/c1-11(10-21-3)18(2)15(20)14-8-9-19(17-14)13-6-4-12(16)5-7-13/h4-9,11H,10,16H2,1-3H3. The van der Waals surface area contributed by atoms with Crippen LogP contribution in [0.2, 0.25) is 0 Å². The van der Waals surface area contributed by atoms with Gasteiger partial charge in [-0.15, -0.1) is 0 Å². The smallest absolute Gasteiger partial charge is 0.274 e. The Balaban J connectivity index is 2.15. The van der Waals surface area contributed by atoms with Crippen LogP contribution in [-0.2, 0) is 4.74 Å². The fourth-order valence-corrected chi connectivity index (χ4v) is 1.94. The molecule has 1 atom stereocenters. The summed E-state index contributed by atoms with van der Waals surface area (Å²) in [6.45, 7) is 2.42. The molecule has 112 valence electrons. The normalized spacial score (nSPS) is 12.1. The number of likely N-dealkylation sites (N-methyl/N-ethyl adjacent to an activating group) is 1. The molecule has 0 fully saturated rings. The Morgan fingerprint density at radius 2 is 2.05 bits per heavy atom. The van der Waals surface area contributed by atoms with Crippen LogP contribution in [0.3, 0.4) is 0 Å². The predicted molar refractivity (Wildman–Crippen MR) is 81.4 cm³/mol. The van der Waals surface area contributed by atoms with Crippen molar-refractivity contribution in [2.75, 3.05) is 26.5 Å². The largest absolute Gasteiger partial charge is 0.399 e. The van der Waals surface area contributed by atoms with Crippen molar-refractivity contribution in [2.45, 2.75) is 13.0 Å². The highest BCUT2D eigenvalue weighted by Crippen LogP contribution is 2.12. The van der Waals surface area contributed by atoms with Gasteiger partial charge >= 0.3 is 0 Å². The lowest BCUT2D eigenvalue weighted by Gasteiger charge is -2.23. The van der Waals surface area contributed by atoms with Gasteiger partial charge in [-0.1, -0.05) is 0 Å². The highest BCUT2D eigenvalue weighted by molar-refractivity contribution is 5.92. The van der Waals surface area contributed by atoms with Crippen molar-refractivity contribution < 1.29 is 9.53 Å². The minimum Gasteiger partial charge on any atom is -0.399 e.